The normalized spacial score (nSPS) is 14.4. The molecule has 2 N–H and O–H groups in total. The summed E-state index contributed by atoms with van der Waals surface area (Å²) in [4.78, 5) is 0.562. The van der Waals surface area contributed by atoms with E-state index < -0.39 is 18.6 Å². The first-order valence-electron chi connectivity index (χ1n) is 3.88. The van der Waals surface area contributed by atoms with E-state index in [2.05, 4.69) is 15.9 Å². The zero-order valence-corrected chi connectivity index (χ0v) is 9.76. The quantitative estimate of drug-likeness (QED) is 0.880. The van der Waals surface area contributed by atoms with Crippen LogP contribution in [0.2, 0.25) is 0 Å². The molecule has 1 nitrogen and oxygen atoms in total. The van der Waals surface area contributed by atoms with Crippen LogP contribution in [0.3, 0.4) is 0 Å². The minimum absolute atomic E-state index is 0.562. The molecule has 1 aromatic rings. The van der Waals surface area contributed by atoms with Gasteiger partial charge in [-0.05, 0) is 34.5 Å². The van der Waals surface area contributed by atoms with Crippen molar-refractivity contribution in [1.29, 1.82) is 0 Å². The Labute approximate surface area is 92.2 Å². The monoisotopic (exact) mass is 287 g/mol. The smallest absolute Gasteiger partial charge is 0.323 e. The Morgan fingerprint density at radius 3 is 2.50 bits per heavy atom. The van der Waals surface area contributed by atoms with Gasteiger partial charge in [-0.15, -0.1) is 11.3 Å². The second-order valence-corrected chi connectivity index (χ2v) is 5.43. The topological polar surface area (TPSA) is 26.0 Å². The van der Waals surface area contributed by atoms with Gasteiger partial charge in [-0.3, -0.25) is 0 Å². The molecule has 1 atom stereocenters. The lowest BCUT2D eigenvalue weighted by atomic mass is 10.1. The second kappa shape index (κ2) is 4.20. The molecular weight excluding hydrogens is 279 g/mol. The number of rotatable bonds is 2. The molecule has 14 heavy (non-hydrogen) atoms. The van der Waals surface area contributed by atoms with Gasteiger partial charge < -0.3 is 5.73 Å². The Bertz CT molecular complexity index is 301. The number of thiophene rings is 1. The molecule has 6 heteroatoms. The van der Waals surface area contributed by atoms with Crippen molar-refractivity contribution < 1.29 is 13.2 Å². The molecule has 0 amide bonds. The van der Waals surface area contributed by atoms with Crippen molar-refractivity contribution in [3.63, 3.8) is 0 Å². The highest BCUT2D eigenvalue weighted by atomic mass is 79.9. The molecule has 0 aliphatic heterocycles. The van der Waals surface area contributed by atoms with Gasteiger partial charge in [0, 0.05) is 10.9 Å². The van der Waals surface area contributed by atoms with Crippen molar-refractivity contribution in [3.05, 3.63) is 20.3 Å². The summed E-state index contributed by atoms with van der Waals surface area (Å²) in [6.45, 7) is 1.82. The van der Waals surface area contributed by atoms with Crippen molar-refractivity contribution in [2.24, 2.45) is 5.73 Å². The van der Waals surface area contributed by atoms with Crippen molar-refractivity contribution >= 4 is 27.3 Å². The molecule has 0 aromatic carbocycles. The molecule has 0 radical (unpaired) electrons. The maximum absolute atomic E-state index is 12.0. The van der Waals surface area contributed by atoms with Gasteiger partial charge in [0.1, 0.15) is 0 Å². The van der Waals surface area contributed by atoms with E-state index in [-0.39, 0.29) is 0 Å². The van der Waals surface area contributed by atoms with E-state index in [1.807, 2.05) is 6.92 Å². The van der Waals surface area contributed by atoms with E-state index >= 15 is 0 Å². The van der Waals surface area contributed by atoms with Gasteiger partial charge in [0.25, 0.3) is 0 Å². The lowest BCUT2D eigenvalue weighted by molar-refractivity contribution is -0.138. The van der Waals surface area contributed by atoms with Crippen LogP contribution in [-0.4, -0.2) is 6.18 Å². The zero-order valence-electron chi connectivity index (χ0n) is 7.36. The van der Waals surface area contributed by atoms with Gasteiger partial charge >= 0.3 is 6.18 Å². The Balaban J connectivity index is 2.75. The van der Waals surface area contributed by atoms with Crippen LogP contribution in [0.15, 0.2) is 9.85 Å². The molecule has 0 aliphatic carbocycles. The summed E-state index contributed by atoms with van der Waals surface area (Å²) >= 11 is 4.50. The van der Waals surface area contributed by atoms with E-state index in [0.717, 1.165) is 9.35 Å². The summed E-state index contributed by atoms with van der Waals surface area (Å²) in [5, 5.41) is 0. The van der Waals surface area contributed by atoms with Crippen LogP contribution < -0.4 is 5.73 Å². The van der Waals surface area contributed by atoms with Gasteiger partial charge in [0.05, 0.1) is 10.2 Å². The summed E-state index contributed by atoms with van der Waals surface area (Å²) < 4.78 is 36.9. The molecule has 0 bridgehead atoms. The van der Waals surface area contributed by atoms with Crippen molar-refractivity contribution in [2.45, 2.75) is 25.6 Å². The molecule has 80 valence electrons. The third-order valence-electron chi connectivity index (χ3n) is 1.69. The summed E-state index contributed by atoms with van der Waals surface area (Å²) in [6.07, 6.45) is -5.18. The van der Waals surface area contributed by atoms with E-state index in [1.165, 1.54) is 11.3 Å². The first-order valence-corrected chi connectivity index (χ1v) is 5.48. The predicted octanol–water partition coefficient (Wildman–Crippen LogP) is 3.77. The van der Waals surface area contributed by atoms with E-state index in [1.54, 1.807) is 6.07 Å². The molecular formula is C8H9BrF3NS. The maximum atomic E-state index is 12.0. The number of hydrogen-bond donors (Lipinski definition) is 1. The number of aryl methyl sites for hydroxylation is 1. The molecule has 1 aromatic heterocycles. The number of alkyl halides is 3. The third-order valence-corrected chi connectivity index (χ3v) is 3.96. The minimum atomic E-state index is -4.20. The molecule has 0 aliphatic rings. The predicted molar refractivity (Wildman–Crippen MR) is 54.4 cm³/mol. The first-order chi connectivity index (χ1) is 6.29. The SMILES string of the molecule is Cc1cc([C@@H](N)CC(F)(F)F)sc1Br. The summed E-state index contributed by atoms with van der Waals surface area (Å²) in [5.74, 6) is 0. The number of halogens is 4. The Kier molecular flexibility index (Phi) is 3.60. The number of nitrogens with two attached hydrogens (primary N) is 1. The van der Waals surface area contributed by atoms with Crippen molar-refractivity contribution in [3.8, 4) is 0 Å². The van der Waals surface area contributed by atoms with Gasteiger partial charge in [-0.25, -0.2) is 0 Å². The first kappa shape index (κ1) is 12.0. The fourth-order valence-electron chi connectivity index (χ4n) is 1.02. The fourth-order valence-corrected chi connectivity index (χ4v) is 2.59. The lowest BCUT2D eigenvalue weighted by Gasteiger charge is -2.11. The van der Waals surface area contributed by atoms with Crippen LogP contribution in [0.5, 0.6) is 0 Å². The molecule has 0 spiro atoms. The average Bonchev–Trinajstić information content (AvgIpc) is 2.28. The van der Waals surface area contributed by atoms with Gasteiger partial charge in [-0.2, -0.15) is 13.2 Å². The zero-order chi connectivity index (χ0) is 10.9. The lowest BCUT2D eigenvalue weighted by Crippen LogP contribution is -2.19. The Morgan fingerprint density at radius 1 is 1.57 bits per heavy atom. The summed E-state index contributed by atoms with van der Waals surface area (Å²) in [6, 6.07) is 0.732. The van der Waals surface area contributed by atoms with Crippen LogP contribution in [0.25, 0.3) is 0 Å². The Morgan fingerprint density at radius 2 is 2.14 bits per heavy atom. The van der Waals surface area contributed by atoms with Crippen LogP contribution in [0.1, 0.15) is 22.9 Å². The summed E-state index contributed by atoms with van der Waals surface area (Å²) in [7, 11) is 0. The van der Waals surface area contributed by atoms with Crippen molar-refractivity contribution in [2.75, 3.05) is 0 Å². The molecule has 1 heterocycles. The molecule has 0 saturated heterocycles. The highest BCUT2D eigenvalue weighted by Gasteiger charge is 2.31. The second-order valence-electron chi connectivity index (χ2n) is 3.03. The third kappa shape index (κ3) is 3.25. The van der Waals surface area contributed by atoms with Crippen LogP contribution in [0.4, 0.5) is 13.2 Å². The fraction of sp³-hybridized carbons (Fsp3) is 0.500. The van der Waals surface area contributed by atoms with Gasteiger partial charge in [0.2, 0.25) is 0 Å². The highest BCUT2D eigenvalue weighted by molar-refractivity contribution is 9.11. The highest BCUT2D eigenvalue weighted by Crippen LogP contribution is 2.35. The molecule has 0 saturated carbocycles. The molecule has 0 fully saturated rings. The van der Waals surface area contributed by atoms with Crippen molar-refractivity contribution in [1.82, 2.24) is 0 Å². The molecule has 1 rings (SSSR count). The summed E-state index contributed by atoms with van der Waals surface area (Å²) in [5.41, 5.74) is 6.35. The minimum Gasteiger partial charge on any atom is -0.323 e. The average molecular weight is 288 g/mol. The van der Waals surface area contributed by atoms with Crippen LogP contribution >= 0.6 is 27.3 Å². The number of hydrogen-bond acceptors (Lipinski definition) is 2. The maximum Gasteiger partial charge on any atom is 0.390 e. The van der Waals surface area contributed by atoms with E-state index in [0.29, 0.717) is 4.88 Å². The largest absolute Gasteiger partial charge is 0.390 e. The standard InChI is InChI=1S/C8H9BrF3NS/c1-4-2-6(14-7(4)9)5(13)3-8(10,11)12/h2,5H,3,13H2,1H3/t5-/m0/s1. The van der Waals surface area contributed by atoms with E-state index in [4.69, 9.17) is 5.73 Å². The van der Waals surface area contributed by atoms with Gasteiger partial charge in [-0.1, -0.05) is 0 Å². The van der Waals surface area contributed by atoms with Gasteiger partial charge in [0.15, 0.2) is 0 Å². The molecule has 0 unspecified atom stereocenters. The van der Waals surface area contributed by atoms with Crippen LogP contribution in [0, 0.1) is 6.92 Å². The van der Waals surface area contributed by atoms with E-state index in [9.17, 15) is 13.2 Å². The Hall–Kier alpha value is -0.0700. The van der Waals surface area contributed by atoms with Crippen LogP contribution in [-0.2, 0) is 0 Å².